The van der Waals surface area contributed by atoms with Gasteiger partial charge in [0.25, 0.3) is 0 Å². The molecule has 0 spiro atoms. The van der Waals surface area contributed by atoms with E-state index in [0.717, 1.165) is 30.2 Å². The van der Waals surface area contributed by atoms with E-state index < -0.39 is 0 Å². The summed E-state index contributed by atoms with van der Waals surface area (Å²) < 4.78 is 10.6. The number of anilines is 1. The van der Waals surface area contributed by atoms with Gasteiger partial charge >= 0.3 is 0 Å². The van der Waals surface area contributed by atoms with Crippen LogP contribution >= 0.6 is 11.8 Å². The van der Waals surface area contributed by atoms with Gasteiger partial charge in [-0.25, -0.2) is 15.8 Å². The van der Waals surface area contributed by atoms with Crippen LogP contribution < -0.4 is 11.3 Å². The first-order valence-corrected chi connectivity index (χ1v) is 6.88. The number of thioether (sulfide) groups is 1. The zero-order chi connectivity index (χ0) is 12.8. The normalized spacial score (nSPS) is 19.1. The van der Waals surface area contributed by atoms with Crippen LogP contribution in [-0.4, -0.2) is 35.5 Å². The first-order valence-electron chi connectivity index (χ1n) is 5.89. The smallest absolute Gasteiger partial charge is 0.157 e. The highest BCUT2D eigenvalue weighted by Gasteiger charge is 2.16. The molecule has 18 heavy (non-hydrogen) atoms. The molecule has 0 aliphatic carbocycles. The van der Waals surface area contributed by atoms with Gasteiger partial charge in [-0.2, -0.15) is 0 Å². The molecule has 6 nitrogen and oxygen atoms in total. The number of hydrogen-bond donors (Lipinski definition) is 2. The maximum Gasteiger partial charge on any atom is 0.157 e. The number of nitrogen functional groups attached to an aromatic ring is 1. The lowest BCUT2D eigenvalue weighted by molar-refractivity contribution is 0.129. The Hall–Kier alpha value is -0.890. The van der Waals surface area contributed by atoms with Crippen molar-refractivity contribution >= 4 is 17.6 Å². The van der Waals surface area contributed by atoms with E-state index in [0.29, 0.717) is 24.4 Å². The average Bonchev–Trinajstić information content (AvgIpc) is 2.89. The second kappa shape index (κ2) is 6.89. The number of nitrogens with one attached hydrogen (secondary N) is 1. The number of rotatable bonds is 6. The van der Waals surface area contributed by atoms with Crippen molar-refractivity contribution in [1.82, 2.24) is 9.97 Å². The highest BCUT2D eigenvalue weighted by atomic mass is 32.2. The van der Waals surface area contributed by atoms with Gasteiger partial charge in [0.05, 0.1) is 6.10 Å². The highest BCUT2D eigenvalue weighted by Crippen LogP contribution is 2.23. The summed E-state index contributed by atoms with van der Waals surface area (Å²) in [5, 5.41) is 0.889. The molecular weight excluding hydrogens is 252 g/mol. The maximum atomic E-state index is 5.58. The Kier molecular flexibility index (Phi) is 5.18. The van der Waals surface area contributed by atoms with Crippen molar-refractivity contribution in [2.24, 2.45) is 5.84 Å². The first kappa shape index (κ1) is 13.5. The fourth-order valence-electron chi connectivity index (χ4n) is 1.77. The Morgan fingerprint density at radius 1 is 1.61 bits per heavy atom. The van der Waals surface area contributed by atoms with Crippen LogP contribution in [0.4, 0.5) is 5.82 Å². The molecule has 1 aliphatic heterocycles. The maximum absolute atomic E-state index is 5.58. The predicted octanol–water partition coefficient (Wildman–Crippen LogP) is 1.18. The number of nitrogens with zero attached hydrogens (tertiary/aromatic N) is 2. The molecule has 2 rings (SSSR count). The first-order chi connectivity index (χ1) is 8.81. The predicted molar refractivity (Wildman–Crippen MR) is 70.3 cm³/mol. The number of hydrazine groups is 1. The van der Waals surface area contributed by atoms with Gasteiger partial charge in [0.15, 0.2) is 5.82 Å². The van der Waals surface area contributed by atoms with Gasteiger partial charge in [0.1, 0.15) is 17.5 Å². The van der Waals surface area contributed by atoms with Crippen LogP contribution in [0.25, 0.3) is 0 Å². The fraction of sp³-hybridized carbons (Fsp3) is 0.636. The van der Waals surface area contributed by atoms with Crippen LogP contribution in [0.3, 0.4) is 0 Å². The van der Waals surface area contributed by atoms with Crippen LogP contribution in [0, 0.1) is 0 Å². The van der Waals surface area contributed by atoms with Crippen LogP contribution in [-0.2, 0) is 16.1 Å². The van der Waals surface area contributed by atoms with Crippen molar-refractivity contribution < 1.29 is 9.47 Å². The van der Waals surface area contributed by atoms with E-state index in [1.807, 2.05) is 6.07 Å². The molecule has 100 valence electrons. The van der Waals surface area contributed by atoms with Gasteiger partial charge in [-0.3, -0.25) is 0 Å². The minimum Gasteiger partial charge on any atom is -0.377 e. The van der Waals surface area contributed by atoms with Gasteiger partial charge in [0.2, 0.25) is 0 Å². The summed E-state index contributed by atoms with van der Waals surface area (Å²) in [6.45, 7) is 1.25. The summed E-state index contributed by atoms with van der Waals surface area (Å²) in [5.41, 5.74) is 2.54. The number of hydrogen-bond acceptors (Lipinski definition) is 7. The molecule has 1 aromatic rings. The number of ether oxygens (including phenoxy) is 2. The average molecular weight is 270 g/mol. The van der Waals surface area contributed by atoms with Crippen LogP contribution in [0.1, 0.15) is 18.7 Å². The van der Waals surface area contributed by atoms with Crippen LogP contribution in [0.2, 0.25) is 0 Å². The Balaban J connectivity index is 1.98. The second-order valence-electron chi connectivity index (χ2n) is 4.03. The fourth-order valence-corrected chi connectivity index (χ4v) is 2.75. The number of aromatic nitrogens is 2. The molecular formula is C11H18N4O2S. The quantitative estimate of drug-likeness (QED) is 0.347. The lowest BCUT2D eigenvalue weighted by Gasteiger charge is -2.10. The van der Waals surface area contributed by atoms with Crippen molar-refractivity contribution in [3.8, 4) is 0 Å². The third-order valence-electron chi connectivity index (χ3n) is 2.61. The summed E-state index contributed by atoms with van der Waals surface area (Å²) in [6, 6.07) is 1.83. The van der Waals surface area contributed by atoms with E-state index in [1.54, 1.807) is 18.9 Å². The molecule has 1 saturated heterocycles. The zero-order valence-corrected chi connectivity index (χ0v) is 11.2. The molecule has 1 aromatic heterocycles. The molecule has 0 aromatic carbocycles. The minimum atomic E-state index is 0.338. The second-order valence-corrected chi connectivity index (χ2v) is 5.07. The van der Waals surface area contributed by atoms with Gasteiger partial charge in [-0.15, -0.1) is 11.8 Å². The largest absolute Gasteiger partial charge is 0.377 e. The topological polar surface area (TPSA) is 82.3 Å². The summed E-state index contributed by atoms with van der Waals surface area (Å²) in [6.07, 6.45) is 2.62. The van der Waals surface area contributed by atoms with Gasteiger partial charge in [-0.1, -0.05) is 0 Å². The SMILES string of the molecule is COCc1nc(NN)cc(SCC2CCCO2)n1. The molecule has 0 amide bonds. The standard InChI is InChI=1S/C11H18N4O2S/c1-16-6-10-13-9(15-12)5-11(14-10)18-7-8-3-2-4-17-8/h5,8H,2-4,6-7,12H2,1H3,(H,13,14,15). The van der Waals surface area contributed by atoms with E-state index in [2.05, 4.69) is 15.4 Å². The highest BCUT2D eigenvalue weighted by molar-refractivity contribution is 7.99. The van der Waals surface area contributed by atoms with Crippen LogP contribution in [0.15, 0.2) is 11.1 Å². The van der Waals surface area contributed by atoms with E-state index in [9.17, 15) is 0 Å². The van der Waals surface area contributed by atoms with Gasteiger partial charge < -0.3 is 14.9 Å². The summed E-state index contributed by atoms with van der Waals surface area (Å²) in [5.74, 6) is 7.53. The Bertz CT molecular complexity index is 385. The summed E-state index contributed by atoms with van der Waals surface area (Å²) in [4.78, 5) is 8.61. The van der Waals surface area contributed by atoms with Crippen molar-refractivity contribution in [3.63, 3.8) is 0 Å². The molecule has 3 N–H and O–H groups in total. The van der Waals surface area contributed by atoms with Crippen molar-refractivity contribution in [3.05, 3.63) is 11.9 Å². The van der Waals surface area contributed by atoms with E-state index in [4.69, 9.17) is 15.3 Å². The third kappa shape index (κ3) is 3.81. The number of methoxy groups -OCH3 is 1. The number of nitrogens with two attached hydrogens (primary N) is 1. The lowest BCUT2D eigenvalue weighted by atomic mass is 10.3. The molecule has 2 heterocycles. The summed E-state index contributed by atoms with van der Waals surface area (Å²) >= 11 is 1.66. The zero-order valence-electron chi connectivity index (χ0n) is 10.4. The Morgan fingerprint density at radius 2 is 2.50 bits per heavy atom. The Labute approximate surface area is 111 Å². The van der Waals surface area contributed by atoms with E-state index in [-0.39, 0.29) is 0 Å². The molecule has 1 atom stereocenters. The van der Waals surface area contributed by atoms with Crippen molar-refractivity contribution in [2.45, 2.75) is 30.6 Å². The minimum absolute atomic E-state index is 0.338. The van der Waals surface area contributed by atoms with Gasteiger partial charge in [0, 0.05) is 25.5 Å². The molecule has 7 heteroatoms. The third-order valence-corrected chi connectivity index (χ3v) is 3.65. The van der Waals surface area contributed by atoms with Crippen molar-refractivity contribution in [1.29, 1.82) is 0 Å². The molecule has 1 aliphatic rings. The lowest BCUT2D eigenvalue weighted by Crippen LogP contribution is -2.12. The summed E-state index contributed by atoms with van der Waals surface area (Å²) in [7, 11) is 1.62. The van der Waals surface area contributed by atoms with Crippen molar-refractivity contribution in [2.75, 3.05) is 24.9 Å². The molecule has 1 unspecified atom stereocenters. The molecule has 0 bridgehead atoms. The van der Waals surface area contributed by atoms with Gasteiger partial charge in [-0.05, 0) is 12.8 Å². The Morgan fingerprint density at radius 3 is 3.17 bits per heavy atom. The monoisotopic (exact) mass is 270 g/mol. The molecule has 0 saturated carbocycles. The molecule has 0 radical (unpaired) electrons. The van der Waals surface area contributed by atoms with Crippen LogP contribution in [0.5, 0.6) is 0 Å². The molecule has 1 fully saturated rings. The van der Waals surface area contributed by atoms with E-state index in [1.165, 1.54) is 0 Å². The van der Waals surface area contributed by atoms with E-state index >= 15 is 0 Å².